The summed E-state index contributed by atoms with van der Waals surface area (Å²) in [5.41, 5.74) is 0.185. The van der Waals surface area contributed by atoms with E-state index >= 15 is 0 Å². The van der Waals surface area contributed by atoms with Crippen LogP contribution in [0.15, 0.2) is 18.2 Å². The van der Waals surface area contributed by atoms with E-state index < -0.39 is 60.4 Å². The Hall–Kier alpha value is -3.87. The lowest BCUT2D eigenvalue weighted by atomic mass is 9.96. The Morgan fingerprint density at radius 1 is 0.889 bits per heavy atom. The van der Waals surface area contributed by atoms with Gasteiger partial charge in [-0.25, -0.2) is 4.79 Å². The van der Waals surface area contributed by atoms with Gasteiger partial charge in [0.1, 0.15) is 18.8 Å². The quantitative estimate of drug-likeness (QED) is 0.362. The van der Waals surface area contributed by atoms with Crippen molar-refractivity contribution in [1.82, 2.24) is 5.32 Å². The van der Waals surface area contributed by atoms with Gasteiger partial charge in [0.05, 0.1) is 19.8 Å². The molecule has 1 aromatic rings. The van der Waals surface area contributed by atoms with Crippen molar-refractivity contribution in [2.75, 3.05) is 20.8 Å². The molecule has 0 radical (unpaired) electrons. The molecular weight excluding hydrogens is 482 g/mol. The number of carbonyl (C=O) groups is 5. The van der Waals surface area contributed by atoms with Crippen LogP contribution in [-0.4, -0.2) is 81.3 Å². The van der Waals surface area contributed by atoms with Gasteiger partial charge in [-0.1, -0.05) is 0 Å². The maximum absolute atomic E-state index is 12.0. The molecule has 1 N–H and O–H groups in total. The van der Waals surface area contributed by atoms with E-state index in [1.54, 1.807) is 0 Å². The summed E-state index contributed by atoms with van der Waals surface area (Å²) in [7, 11) is 2.57. The summed E-state index contributed by atoms with van der Waals surface area (Å²) >= 11 is 0. The Balaban J connectivity index is 2.52. The van der Waals surface area contributed by atoms with Gasteiger partial charge < -0.3 is 38.5 Å². The SMILES string of the molecule is COC(=O)c1ccc(O[C@H]2O[C@@H](COC(C)=O)[C@@H](OC(C)=O)[C@@H](OC(C)=O)[C@H]2NC(C)=O)c(OC)c1. The van der Waals surface area contributed by atoms with Crippen molar-refractivity contribution in [2.45, 2.75) is 58.3 Å². The van der Waals surface area contributed by atoms with Crippen LogP contribution in [0, 0.1) is 0 Å². The number of nitrogens with one attached hydrogen (secondary N) is 1. The van der Waals surface area contributed by atoms with E-state index in [9.17, 15) is 24.0 Å². The van der Waals surface area contributed by atoms with Gasteiger partial charge >= 0.3 is 23.9 Å². The molecule has 1 fully saturated rings. The largest absolute Gasteiger partial charge is 0.493 e. The van der Waals surface area contributed by atoms with E-state index in [0.717, 1.165) is 13.8 Å². The van der Waals surface area contributed by atoms with Crippen molar-refractivity contribution in [3.8, 4) is 11.5 Å². The van der Waals surface area contributed by atoms with E-state index in [1.165, 1.54) is 46.3 Å². The van der Waals surface area contributed by atoms with Gasteiger partial charge in [0, 0.05) is 27.7 Å². The predicted molar refractivity (Wildman–Crippen MR) is 119 cm³/mol. The molecule has 36 heavy (non-hydrogen) atoms. The summed E-state index contributed by atoms with van der Waals surface area (Å²) in [5, 5.41) is 2.59. The van der Waals surface area contributed by atoms with Crippen molar-refractivity contribution < 1.29 is 57.1 Å². The van der Waals surface area contributed by atoms with Crippen LogP contribution in [0.5, 0.6) is 11.5 Å². The van der Waals surface area contributed by atoms with E-state index in [0.29, 0.717) is 0 Å². The van der Waals surface area contributed by atoms with Crippen molar-refractivity contribution >= 4 is 29.8 Å². The van der Waals surface area contributed by atoms with Gasteiger partial charge in [0.25, 0.3) is 0 Å². The van der Waals surface area contributed by atoms with Crippen molar-refractivity contribution in [3.05, 3.63) is 23.8 Å². The van der Waals surface area contributed by atoms with Crippen LogP contribution < -0.4 is 14.8 Å². The summed E-state index contributed by atoms with van der Waals surface area (Å²) in [6.07, 6.45) is -5.03. The molecule has 0 saturated carbocycles. The van der Waals surface area contributed by atoms with Crippen LogP contribution >= 0.6 is 0 Å². The molecule has 1 amide bonds. The summed E-state index contributed by atoms with van der Waals surface area (Å²) in [4.78, 5) is 59.1. The molecule has 1 saturated heterocycles. The fraction of sp³-hybridized carbons (Fsp3) is 0.522. The van der Waals surface area contributed by atoms with Crippen LogP contribution in [0.1, 0.15) is 38.1 Å². The van der Waals surface area contributed by atoms with Gasteiger partial charge in [-0.05, 0) is 18.2 Å². The summed E-state index contributed by atoms with van der Waals surface area (Å²) in [6.45, 7) is 4.29. The molecule has 13 heteroatoms. The number of amides is 1. The zero-order valence-corrected chi connectivity index (χ0v) is 20.7. The van der Waals surface area contributed by atoms with Crippen LogP contribution in [-0.2, 0) is 42.9 Å². The van der Waals surface area contributed by atoms with Crippen LogP contribution in [0.25, 0.3) is 0 Å². The van der Waals surface area contributed by atoms with E-state index in [1.807, 2.05) is 0 Å². The minimum Gasteiger partial charge on any atom is -0.493 e. The third kappa shape index (κ3) is 7.57. The van der Waals surface area contributed by atoms with Gasteiger partial charge in [-0.2, -0.15) is 0 Å². The molecule has 0 unspecified atom stereocenters. The van der Waals surface area contributed by atoms with Crippen molar-refractivity contribution in [3.63, 3.8) is 0 Å². The number of hydrogen-bond acceptors (Lipinski definition) is 12. The number of benzene rings is 1. The second-order valence-corrected chi connectivity index (χ2v) is 7.69. The zero-order valence-electron chi connectivity index (χ0n) is 20.7. The molecule has 0 spiro atoms. The highest BCUT2D eigenvalue weighted by atomic mass is 16.7. The van der Waals surface area contributed by atoms with Crippen molar-refractivity contribution in [2.24, 2.45) is 0 Å². The number of hydrogen-bond donors (Lipinski definition) is 1. The molecule has 1 aliphatic heterocycles. The summed E-state index contributed by atoms with van der Waals surface area (Å²) in [6, 6.07) is 3.04. The monoisotopic (exact) mass is 511 g/mol. The highest BCUT2D eigenvalue weighted by Gasteiger charge is 2.52. The fourth-order valence-corrected chi connectivity index (χ4v) is 3.53. The normalized spacial score (nSPS) is 23.0. The molecule has 198 valence electrons. The highest BCUT2D eigenvalue weighted by molar-refractivity contribution is 5.90. The Kier molecular flexibility index (Phi) is 10.0. The molecule has 0 aromatic heterocycles. The number of rotatable bonds is 9. The molecule has 1 heterocycles. The fourth-order valence-electron chi connectivity index (χ4n) is 3.53. The summed E-state index contributed by atoms with van der Waals surface area (Å²) in [5.74, 6) is -3.00. The molecule has 5 atom stereocenters. The second kappa shape index (κ2) is 12.7. The van der Waals surface area contributed by atoms with Gasteiger partial charge in [-0.15, -0.1) is 0 Å². The first kappa shape index (κ1) is 28.4. The minimum atomic E-state index is -1.34. The number of carbonyl (C=O) groups excluding carboxylic acids is 5. The maximum Gasteiger partial charge on any atom is 0.337 e. The molecule has 0 aliphatic carbocycles. The topological polar surface area (TPSA) is 162 Å². The Bertz CT molecular complexity index is 993. The highest BCUT2D eigenvalue weighted by Crippen LogP contribution is 2.34. The second-order valence-electron chi connectivity index (χ2n) is 7.69. The number of esters is 4. The molecule has 1 aliphatic rings. The van der Waals surface area contributed by atoms with Gasteiger partial charge in [-0.3, -0.25) is 19.2 Å². The van der Waals surface area contributed by atoms with Crippen LogP contribution in [0.2, 0.25) is 0 Å². The van der Waals surface area contributed by atoms with Crippen LogP contribution in [0.4, 0.5) is 0 Å². The average molecular weight is 511 g/mol. The molecule has 2 rings (SSSR count). The number of ether oxygens (including phenoxy) is 7. The molecule has 0 bridgehead atoms. The standard InChI is InChI=1S/C23H29NO12/c1-11(25)24-19-21(34-14(4)28)20(33-13(3)27)18(10-32-12(2)26)36-23(19)35-16-8-7-15(22(29)31-6)9-17(16)30-5/h7-9,18-21,23H,10H2,1-6H3,(H,24,25)/t18-,19+,20+,21-,23-/m0/s1. The lowest BCUT2D eigenvalue weighted by Gasteiger charge is -2.44. The number of methoxy groups -OCH3 is 2. The Labute approximate surface area is 207 Å². The third-order valence-electron chi connectivity index (χ3n) is 4.90. The molecule has 13 nitrogen and oxygen atoms in total. The van der Waals surface area contributed by atoms with E-state index in [2.05, 4.69) is 5.32 Å². The van der Waals surface area contributed by atoms with Gasteiger partial charge in [0.15, 0.2) is 23.7 Å². The Morgan fingerprint density at radius 3 is 2.06 bits per heavy atom. The van der Waals surface area contributed by atoms with E-state index in [-0.39, 0.29) is 23.7 Å². The first-order chi connectivity index (χ1) is 17.0. The molecular formula is C23H29NO12. The Morgan fingerprint density at radius 2 is 1.53 bits per heavy atom. The maximum atomic E-state index is 12.0. The minimum absolute atomic E-state index is 0.101. The van der Waals surface area contributed by atoms with Gasteiger partial charge in [0.2, 0.25) is 12.2 Å². The first-order valence-corrected chi connectivity index (χ1v) is 10.8. The third-order valence-corrected chi connectivity index (χ3v) is 4.90. The first-order valence-electron chi connectivity index (χ1n) is 10.8. The van der Waals surface area contributed by atoms with Crippen molar-refractivity contribution in [1.29, 1.82) is 0 Å². The average Bonchev–Trinajstić information content (AvgIpc) is 2.80. The lowest BCUT2D eigenvalue weighted by Crippen LogP contribution is -2.67. The van der Waals surface area contributed by atoms with Crippen LogP contribution in [0.3, 0.4) is 0 Å². The molecule has 1 aromatic carbocycles. The van der Waals surface area contributed by atoms with E-state index in [4.69, 9.17) is 33.2 Å². The lowest BCUT2D eigenvalue weighted by molar-refractivity contribution is -0.257. The summed E-state index contributed by atoms with van der Waals surface area (Å²) < 4.78 is 37.7. The predicted octanol–water partition coefficient (Wildman–Crippen LogP) is 0.517. The zero-order chi connectivity index (χ0) is 27.0. The smallest absolute Gasteiger partial charge is 0.337 e.